The zero-order valence-electron chi connectivity index (χ0n) is 11.3. The van der Waals surface area contributed by atoms with Gasteiger partial charge in [-0.2, -0.15) is 0 Å². The Morgan fingerprint density at radius 2 is 2.11 bits per heavy atom. The fourth-order valence-electron chi connectivity index (χ4n) is 2.29. The Labute approximate surface area is 112 Å². The number of benzene rings is 1. The average molecular weight is 265 g/mol. The molecule has 104 valence electrons. The Bertz CT molecular complexity index is 455. The molecule has 1 aromatic carbocycles. The molecule has 0 radical (unpaired) electrons. The van der Waals surface area contributed by atoms with Crippen LogP contribution in [0.5, 0.6) is 11.5 Å². The lowest BCUT2D eigenvalue weighted by Crippen LogP contribution is -2.40. The summed E-state index contributed by atoms with van der Waals surface area (Å²) in [5, 5.41) is 10.0. The molecule has 1 aromatic rings. The molecule has 0 bridgehead atoms. The third-order valence-corrected chi connectivity index (χ3v) is 3.51. The molecule has 1 heterocycles. The Balaban J connectivity index is 2.18. The van der Waals surface area contributed by atoms with Crippen molar-refractivity contribution in [3.63, 3.8) is 0 Å². The molecule has 0 spiro atoms. The van der Waals surface area contributed by atoms with Gasteiger partial charge in [0.2, 0.25) is 0 Å². The Morgan fingerprint density at radius 1 is 1.42 bits per heavy atom. The van der Waals surface area contributed by atoms with Gasteiger partial charge >= 0.3 is 0 Å². The molecule has 2 rings (SSSR count). The van der Waals surface area contributed by atoms with Crippen LogP contribution in [0.3, 0.4) is 0 Å². The normalized spacial score (nSPS) is 16.1. The van der Waals surface area contributed by atoms with Gasteiger partial charge in [0.25, 0.3) is 5.91 Å². The minimum atomic E-state index is -0.191. The maximum atomic E-state index is 12.4. The van der Waals surface area contributed by atoms with E-state index in [0.29, 0.717) is 19.0 Å². The van der Waals surface area contributed by atoms with Crippen LogP contribution >= 0.6 is 0 Å². The maximum absolute atomic E-state index is 12.4. The molecule has 0 aliphatic carbocycles. The number of hydrogen-bond donors (Lipinski definition) is 1. The van der Waals surface area contributed by atoms with Crippen molar-refractivity contribution in [2.75, 3.05) is 27.4 Å². The highest BCUT2D eigenvalue weighted by molar-refractivity contribution is 5.97. The number of ether oxygens (including phenoxy) is 2. The summed E-state index contributed by atoms with van der Waals surface area (Å²) in [5.74, 6) is 0.0171. The molecule has 1 aliphatic heterocycles. The molecule has 5 nitrogen and oxygen atoms in total. The second-order valence-electron chi connectivity index (χ2n) is 4.62. The van der Waals surface area contributed by atoms with Crippen molar-refractivity contribution in [2.24, 2.45) is 0 Å². The Kier molecular flexibility index (Phi) is 4.27. The monoisotopic (exact) mass is 265 g/mol. The number of phenols is 1. The van der Waals surface area contributed by atoms with Crippen LogP contribution < -0.4 is 4.74 Å². The van der Waals surface area contributed by atoms with Crippen molar-refractivity contribution in [1.29, 1.82) is 0 Å². The van der Waals surface area contributed by atoms with Crippen molar-refractivity contribution in [2.45, 2.75) is 18.9 Å². The summed E-state index contributed by atoms with van der Waals surface area (Å²) in [5.41, 5.74) is 0.272. The molecule has 5 heteroatoms. The van der Waals surface area contributed by atoms with Crippen LogP contribution in [0.4, 0.5) is 0 Å². The molecular formula is C14H19NO4. The fourth-order valence-corrected chi connectivity index (χ4v) is 2.29. The summed E-state index contributed by atoms with van der Waals surface area (Å²) in [7, 11) is 3.22. The lowest BCUT2D eigenvalue weighted by Gasteiger charge is -2.31. The minimum Gasteiger partial charge on any atom is -0.504 e. The van der Waals surface area contributed by atoms with Crippen LogP contribution in [0.15, 0.2) is 18.2 Å². The third-order valence-electron chi connectivity index (χ3n) is 3.51. The number of rotatable bonds is 3. The van der Waals surface area contributed by atoms with E-state index >= 15 is 0 Å². The van der Waals surface area contributed by atoms with Gasteiger partial charge in [-0.1, -0.05) is 6.07 Å². The SMILES string of the molecule is COc1cccc(C(=O)N(C)C2CCOCC2)c1O. The molecule has 0 unspecified atom stereocenters. The number of para-hydroxylation sites is 1. The van der Waals surface area contributed by atoms with Crippen LogP contribution in [0.25, 0.3) is 0 Å². The standard InChI is InChI=1S/C14H19NO4/c1-15(10-6-8-19-9-7-10)14(17)11-4-3-5-12(18-2)13(11)16/h3-5,10,16H,6-9H2,1-2H3. The van der Waals surface area contributed by atoms with Gasteiger partial charge in [0.15, 0.2) is 11.5 Å². The summed E-state index contributed by atoms with van der Waals surface area (Å²) >= 11 is 0. The predicted octanol–water partition coefficient (Wildman–Crippen LogP) is 1.65. The predicted molar refractivity (Wildman–Crippen MR) is 70.6 cm³/mol. The van der Waals surface area contributed by atoms with E-state index in [0.717, 1.165) is 12.8 Å². The number of nitrogens with zero attached hydrogens (tertiary/aromatic N) is 1. The molecule has 1 N–H and O–H groups in total. The van der Waals surface area contributed by atoms with E-state index < -0.39 is 0 Å². The number of carbonyl (C=O) groups is 1. The molecule has 1 amide bonds. The summed E-state index contributed by atoms with van der Waals surface area (Å²) in [6, 6.07) is 5.09. The van der Waals surface area contributed by atoms with Gasteiger partial charge in [-0.15, -0.1) is 0 Å². The van der Waals surface area contributed by atoms with Crippen molar-refractivity contribution in [3.8, 4) is 11.5 Å². The van der Waals surface area contributed by atoms with Gasteiger partial charge in [0.1, 0.15) is 0 Å². The number of carbonyl (C=O) groups excluding carboxylic acids is 1. The van der Waals surface area contributed by atoms with Gasteiger partial charge in [-0.25, -0.2) is 0 Å². The van der Waals surface area contributed by atoms with E-state index in [1.807, 2.05) is 0 Å². The largest absolute Gasteiger partial charge is 0.504 e. The first-order valence-corrected chi connectivity index (χ1v) is 6.36. The smallest absolute Gasteiger partial charge is 0.257 e. The second-order valence-corrected chi connectivity index (χ2v) is 4.62. The second kappa shape index (κ2) is 5.93. The number of aromatic hydroxyl groups is 1. The van der Waals surface area contributed by atoms with Crippen LogP contribution in [0.2, 0.25) is 0 Å². The molecule has 1 aliphatic rings. The van der Waals surface area contributed by atoms with E-state index in [9.17, 15) is 9.90 Å². The van der Waals surface area contributed by atoms with Gasteiger partial charge in [-0.3, -0.25) is 4.79 Å². The van der Waals surface area contributed by atoms with Gasteiger partial charge < -0.3 is 19.5 Å². The molecule has 0 saturated carbocycles. The summed E-state index contributed by atoms with van der Waals surface area (Å²) < 4.78 is 10.3. The molecule has 1 fully saturated rings. The third kappa shape index (κ3) is 2.81. The van der Waals surface area contributed by atoms with E-state index in [1.54, 1.807) is 30.1 Å². The lowest BCUT2D eigenvalue weighted by molar-refractivity contribution is 0.0360. The van der Waals surface area contributed by atoms with E-state index in [-0.39, 0.29) is 23.3 Å². The summed E-state index contributed by atoms with van der Waals surface area (Å²) in [4.78, 5) is 14.1. The summed E-state index contributed by atoms with van der Waals surface area (Å²) in [6.45, 7) is 1.35. The van der Waals surface area contributed by atoms with Gasteiger partial charge in [0.05, 0.1) is 12.7 Å². The van der Waals surface area contributed by atoms with Crippen LogP contribution in [0, 0.1) is 0 Å². The first kappa shape index (κ1) is 13.7. The molecule has 19 heavy (non-hydrogen) atoms. The molecule has 1 saturated heterocycles. The average Bonchev–Trinajstić information content (AvgIpc) is 2.47. The fraction of sp³-hybridized carbons (Fsp3) is 0.500. The molecular weight excluding hydrogens is 246 g/mol. The highest BCUT2D eigenvalue weighted by Crippen LogP contribution is 2.30. The Hall–Kier alpha value is -1.75. The van der Waals surface area contributed by atoms with E-state index in [2.05, 4.69) is 0 Å². The first-order valence-electron chi connectivity index (χ1n) is 6.36. The highest BCUT2D eigenvalue weighted by Gasteiger charge is 2.25. The van der Waals surface area contributed by atoms with Gasteiger partial charge in [-0.05, 0) is 25.0 Å². The lowest BCUT2D eigenvalue weighted by atomic mass is 10.1. The quantitative estimate of drug-likeness (QED) is 0.902. The van der Waals surface area contributed by atoms with Crippen molar-refractivity contribution < 1.29 is 19.4 Å². The molecule has 0 atom stereocenters. The van der Waals surface area contributed by atoms with Crippen molar-refractivity contribution >= 4 is 5.91 Å². The van der Waals surface area contributed by atoms with Gasteiger partial charge in [0, 0.05) is 26.3 Å². The van der Waals surface area contributed by atoms with Crippen LogP contribution in [0.1, 0.15) is 23.2 Å². The minimum absolute atomic E-state index is 0.103. The Morgan fingerprint density at radius 3 is 2.74 bits per heavy atom. The number of amides is 1. The molecule has 0 aromatic heterocycles. The topological polar surface area (TPSA) is 59.0 Å². The van der Waals surface area contributed by atoms with Crippen LogP contribution in [-0.2, 0) is 4.74 Å². The first-order chi connectivity index (χ1) is 9.15. The zero-order valence-corrected chi connectivity index (χ0v) is 11.3. The number of phenolic OH excluding ortho intramolecular Hbond substituents is 1. The highest BCUT2D eigenvalue weighted by atomic mass is 16.5. The van der Waals surface area contributed by atoms with Crippen molar-refractivity contribution in [1.82, 2.24) is 4.90 Å². The van der Waals surface area contributed by atoms with Crippen LogP contribution in [-0.4, -0.2) is 49.3 Å². The zero-order chi connectivity index (χ0) is 13.8. The number of methoxy groups -OCH3 is 1. The van der Waals surface area contributed by atoms with Crippen molar-refractivity contribution in [3.05, 3.63) is 23.8 Å². The van der Waals surface area contributed by atoms with E-state index in [4.69, 9.17) is 9.47 Å². The summed E-state index contributed by atoms with van der Waals surface area (Å²) in [6.07, 6.45) is 1.65. The van der Waals surface area contributed by atoms with E-state index in [1.165, 1.54) is 7.11 Å². The maximum Gasteiger partial charge on any atom is 0.257 e. The number of hydrogen-bond acceptors (Lipinski definition) is 4.